The van der Waals surface area contributed by atoms with Crippen LogP contribution in [-0.2, 0) is 4.79 Å². The third kappa shape index (κ3) is 1.17. The summed E-state index contributed by atoms with van der Waals surface area (Å²) in [6.45, 7) is 0. The summed E-state index contributed by atoms with van der Waals surface area (Å²) in [7, 11) is 0. The predicted octanol–water partition coefficient (Wildman–Crippen LogP) is 1.09. The minimum absolute atomic E-state index is 0.427. The molecule has 0 aromatic rings. The molecule has 3 aliphatic rings. The molecule has 1 amide bonds. The van der Waals surface area contributed by atoms with Crippen molar-refractivity contribution in [2.24, 2.45) is 11.8 Å². The summed E-state index contributed by atoms with van der Waals surface area (Å²) in [5.74, 6) is 1.35. The molecular formula is C9H13NO. The summed E-state index contributed by atoms with van der Waals surface area (Å²) in [4.78, 5) is 10.2. The monoisotopic (exact) mass is 151 g/mol. The standard InChI is InChI=1S/C9H13NO/c11-6-10-9-5-7-1-3-8(9)4-2-7/h1,3,6-9H,2,4-5H2,(H,10,11)/t7-,8+,9+/m0/s1. The van der Waals surface area contributed by atoms with E-state index in [0.717, 1.165) is 18.7 Å². The van der Waals surface area contributed by atoms with E-state index in [9.17, 15) is 4.79 Å². The van der Waals surface area contributed by atoms with Crippen LogP contribution in [0.4, 0.5) is 0 Å². The highest BCUT2D eigenvalue weighted by Crippen LogP contribution is 2.35. The van der Waals surface area contributed by atoms with E-state index < -0.39 is 0 Å². The van der Waals surface area contributed by atoms with Gasteiger partial charge in [0, 0.05) is 6.04 Å². The molecule has 2 bridgehead atoms. The molecule has 0 aromatic heterocycles. The highest BCUT2D eigenvalue weighted by molar-refractivity contribution is 5.47. The fourth-order valence-electron chi connectivity index (χ4n) is 2.21. The number of hydrogen-bond donors (Lipinski definition) is 1. The van der Waals surface area contributed by atoms with Gasteiger partial charge in [0.05, 0.1) is 0 Å². The van der Waals surface area contributed by atoms with Crippen molar-refractivity contribution in [3.8, 4) is 0 Å². The minimum atomic E-state index is 0.427. The lowest BCUT2D eigenvalue weighted by Crippen LogP contribution is -2.41. The molecule has 0 spiro atoms. The summed E-state index contributed by atoms with van der Waals surface area (Å²) < 4.78 is 0. The Labute approximate surface area is 66.7 Å². The predicted molar refractivity (Wildman–Crippen MR) is 43.0 cm³/mol. The summed E-state index contributed by atoms with van der Waals surface area (Å²) in [5, 5.41) is 2.88. The first-order valence-corrected chi connectivity index (χ1v) is 4.28. The molecule has 0 radical (unpaired) electrons. The van der Waals surface area contributed by atoms with Crippen molar-refractivity contribution in [1.29, 1.82) is 0 Å². The van der Waals surface area contributed by atoms with Crippen LogP contribution in [0, 0.1) is 11.8 Å². The molecule has 3 rings (SSSR count). The van der Waals surface area contributed by atoms with Crippen molar-refractivity contribution < 1.29 is 4.79 Å². The number of nitrogens with one attached hydrogen (secondary N) is 1. The molecule has 60 valence electrons. The second-order valence-electron chi connectivity index (χ2n) is 3.51. The van der Waals surface area contributed by atoms with E-state index in [1.54, 1.807) is 0 Å². The zero-order valence-electron chi connectivity index (χ0n) is 6.49. The molecule has 1 saturated carbocycles. The van der Waals surface area contributed by atoms with E-state index >= 15 is 0 Å². The van der Waals surface area contributed by atoms with Crippen molar-refractivity contribution in [3.05, 3.63) is 12.2 Å². The first-order valence-electron chi connectivity index (χ1n) is 4.28. The zero-order chi connectivity index (χ0) is 7.68. The summed E-state index contributed by atoms with van der Waals surface area (Å²) in [6.07, 6.45) is 9.12. The Kier molecular flexibility index (Phi) is 1.68. The van der Waals surface area contributed by atoms with Crippen LogP contribution in [0.1, 0.15) is 19.3 Å². The highest BCUT2D eigenvalue weighted by Gasteiger charge is 2.31. The number of carbonyl (C=O) groups excluding carboxylic acids is 1. The maximum Gasteiger partial charge on any atom is 0.207 e. The quantitative estimate of drug-likeness (QED) is 0.464. The Morgan fingerprint density at radius 2 is 2.27 bits per heavy atom. The van der Waals surface area contributed by atoms with Crippen molar-refractivity contribution in [3.63, 3.8) is 0 Å². The summed E-state index contributed by atoms with van der Waals surface area (Å²) >= 11 is 0. The second-order valence-corrected chi connectivity index (χ2v) is 3.51. The molecule has 0 unspecified atom stereocenters. The van der Waals surface area contributed by atoms with Crippen molar-refractivity contribution in [1.82, 2.24) is 5.32 Å². The van der Waals surface area contributed by atoms with Gasteiger partial charge >= 0.3 is 0 Å². The normalized spacial score (nSPS) is 40.5. The van der Waals surface area contributed by atoms with E-state index in [2.05, 4.69) is 17.5 Å². The van der Waals surface area contributed by atoms with Gasteiger partial charge in [-0.15, -0.1) is 0 Å². The van der Waals surface area contributed by atoms with Crippen LogP contribution in [0.2, 0.25) is 0 Å². The van der Waals surface area contributed by atoms with Gasteiger partial charge in [-0.2, -0.15) is 0 Å². The fraction of sp³-hybridized carbons (Fsp3) is 0.667. The molecule has 0 heterocycles. The van der Waals surface area contributed by atoms with Gasteiger partial charge in [0.15, 0.2) is 0 Å². The Bertz CT molecular complexity index is 188. The third-order valence-electron chi connectivity index (χ3n) is 2.86. The molecule has 0 aromatic carbocycles. The molecule has 11 heavy (non-hydrogen) atoms. The Balaban J connectivity index is 2.05. The molecule has 0 saturated heterocycles. The topological polar surface area (TPSA) is 29.1 Å². The Morgan fingerprint density at radius 1 is 1.36 bits per heavy atom. The van der Waals surface area contributed by atoms with E-state index in [-0.39, 0.29) is 0 Å². The van der Waals surface area contributed by atoms with Crippen LogP contribution < -0.4 is 5.32 Å². The first kappa shape index (κ1) is 6.89. The zero-order valence-corrected chi connectivity index (χ0v) is 6.49. The Morgan fingerprint density at radius 3 is 2.73 bits per heavy atom. The largest absolute Gasteiger partial charge is 0.355 e. The van der Waals surface area contributed by atoms with Crippen LogP contribution >= 0.6 is 0 Å². The van der Waals surface area contributed by atoms with Crippen LogP contribution in [0.3, 0.4) is 0 Å². The maximum atomic E-state index is 10.2. The first-order chi connectivity index (χ1) is 5.40. The SMILES string of the molecule is O=CN[C@@H]1C[C@H]2C=C[C@@H]1CC2. The highest BCUT2D eigenvalue weighted by atomic mass is 16.1. The van der Waals surface area contributed by atoms with E-state index in [4.69, 9.17) is 0 Å². The van der Waals surface area contributed by atoms with Gasteiger partial charge in [-0.05, 0) is 31.1 Å². The lowest BCUT2D eigenvalue weighted by molar-refractivity contribution is -0.110. The molecule has 2 heteroatoms. The molecule has 1 fully saturated rings. The molecule has 3 atom stereocenters. The van der Waals surface area contributed by atoms with Gasteiger partial charge in [0.2, 0.25) is 6.41 Å². The van der Waals surface area contributed by atoms with Crippen molar-refractivity contribution in [2.45, 2.75) is 25.3 Å². The number of hydrogen-bond acceptors (Lipinski definition) is 1. The number of allylic oxidation sites excluding steroid dienone is 1. The van der Waals surface area contributed by atoms with Crippen molar-refractivity contribution in [2.75, 3.05) is 0 Å². The minimum Gasteiger partial charge on any atom is -0.355 e. The Hall–Kier alpha value is -0.790. The van der Waals surface area contributed by atoms with Crippen LogP contribution in [0.15, 0.2) is 12.2 Å². The van der Waals surface area contributed by atoms with Gasteiger partial charge in [-0.1, -0.05) is 12.2 Å². The molecule has 3 aliphatic carbocycles. The van der Waals surface area contributed by atoms with Gasteiger partial charge in [0.1, 0.15) is 0 Å². The number of carbonyl (C=O) groups is 1. The van der Waals surface area contributed by atoms with E-state index in [1.807, 2.05) is 0 Å². The molecule has 2 nitrogen and oxygen atoms in total. The van der Waals surface area contributed by atoms with Gasteiger partial charge in [-0.25, -0.2) is 0 Å². The van der Waals surface area contributed by atoms with Crippen molar-refractivity contribution >= 4 is 6.41 Å². The fourth-order valence-corrected chi connectivity index (χ4v) is 2.21. The van der Waals surface area contributed by atoms with Crippen LogP contribution in [-0.4, -0.2) is 12.5 Å². The number of fused-ring (bicyclic) bond motifs is 2. The lowest BCUT2D eigenvalue weighted by Gasteiger charge is -2.37. The van der Waals surface area contributed by atoms with Gasteiger partial charge in [0.25, 0.3) is 0 Å². The van der Waals surface area contributed by atoms with Gasteiger partial charge in [-0.3, -0.25) is 4.79 Å². The average molecular weight is 151 g/mol. The van der Waals surface area contributed by atoms with E-state index in [0.29, 0.717) is 12.0 Å². The van der Waals surface area contributed by atoms with Crippen LogP contribution in [0.5, 0.6) is 0 Å². The maximum absolute atomic E-state index is 10.2. The average Bonchev–Trinajstić information content (AvgIpc) is 2.07. The van der Waals surface area contributed by atoms with Gasteiger partial charge < -0.3 is 5.32 Å². The molecule has 1 N–H and O–H groups in total. The summed E-state index contributed by atoms with van der Waals surface area (Å²) in [6, 6.07) is 0.427. The van der Waals surface area contributed by atoms with E-state index in [1.165, 1.54) is 12.8 Å². The molecular weight excluding hydrogens is 138 g/mol. The smallest absolute Gasteiger partial charge is 0.207 e. The number of rotatable bonds is 2. The summed E-state index contributed by atoms with van der Waals surface area (Å²) in [5.41, 5.74) is 0. The van der Waals surface area contributed by atoms with Crippen LogP contribution in [0.25, 0.3) is 0 Å². The lowest BCUT2D eigenvalue weighted by atomic mass is 9.73. The molecule has 0 aliphatic heterocycles. The second kappa shape index (κ2) is 2.68. The number of amides is 1. The third-order valence-corrected chi connectivity index (χ3v) is 2.86.